The molecule has 0 unspecified atom stereocenters. The average Bonchev–Trinajstić information content (AvgIpc) is 3.28. The van der Waals surface area contributed by atoms with E-state index in [9.17, 15) is 9.59 Å². The molecular formula is C24H21N3O3. The Morgan fingerprint density at radius 3 is 2.27 bits per heavy atom. The molecule has 2 saturated heterocycles. The van der Waals surface area contributed by atoms with Crippen LogP contribution in [0.2, 0.25) is 0 Å². The third kappa shape index (κ3) is 2.80. The Kier molecular flexibility index (Phi) is 4.37. The molecule has 0 spiro atoms. The van der Waals surface area contributed by atoms with E-state index in [2.05, 4.69) is 4.98 Å². The van der Waals surface area contributed by atoms with E-state index in [1.54, 1.807) is 17.5 Å². The molecular weight excluding hydrogens is 378 g/mol. The summed E-state index contributed by atoms with van der Waals surface area (Å²) in [6.45, 7) is 3.97. The monoisotopic (exact) mass is 399 g/mol. The van der Waals surface area contributed by atoms with Gasteiger partial charge < -0.3 is 0 Å². The van der Waals surface area contributed by atoms with E-state index >= 15 is 0 Å². The van der Waals surface area contributed by atoms with Crippen molar-refractivity contribution in [2.75, 3.05) is 9.96 Å². The van der Waals surface area contributed by atoms with Crippen molar-refractivity contribution in [3.05, 3.63) is 89.7 Å². The summed E-state index contributed by atoms with van der Waals surface area (Å²) in [5.41, 5.74) is 4.41. The zero-order valence-corrected chi connectivity index (χ0v) is 16.7. The number of fused-ring (bicyclic) bond motifs is 1. The van der Waals surface area contributed by atoms with Crippen LogP contribution < -0.4 is 9.96 Å². The molecule has 2 aromatic carbocycles. The number of carbonyl (C=O) groups excluding carboxylic acids is 2. The van der Waals surface area contributed by atoms with Crippen molar-refractivity contribution in [2.24, 2.45) is 5.92 Å². The number of imide groups is 1. The number of aromatic nitrogens is 1. The molecule has 5 rings (SSSR count). The minimum Gasteiger partial charge on any atom is -0.273 e. The summed E-state index contributed by atoms with van der Waals surface area (Å²) in [7, 11) is 0. The first-order valence-electron chi connectivity index (χ1n) is 9.92. The number of hydrogen-bond donors (Lipinski definition) is 0. The Morgan fingerprint density at radius 1 is 0.833 bits per heavy atom. The van der Waals surface area contributed by atoms with Crippen LogP contribution in [0.15, 0.2) is 73.1 Å². The second-order valence-electron chi connectivity index (χ2n) is 7.72. The van der Waals surface area contributed by atoms with E-state index in [4.69, 9.17) is 4.84 Å². The van der Waals surface area contributed by atoms with Crippen LogP contribution in [0.3, 0.4) is 0 Å². The highest BCUT2D eigenvalue weighted by atomic mass is 16.7. The van der Waals surface area contributed by atoms with Crippen molar-refractivity contribution < 1.29 is 14.4 Å². The van der Waals surface area contributed by atoms with Gasteiger partial charge in [-0.05, 0) is 66.9 Å². The fourth-order valence-corrected chi connectivity index (χ4v) is 4.23. The second kappa shape index (κ2) is 7.07. The molecule has 2 amide bonds. The van der Waals surface area contributed by atoms with Crippen molar-refractivity contribution in [1.82, 2.24) is 4.98 Å². The molecule has 2 fully saturated rings. The van der Waals surface area contributed by atoms with Crippen molar-refractivity contribution >= 4 is 23.2 Å². The van der Waals surface area contributed by atoms with E-state index in [1.165, 1.54) is 4.90 Å². The fourth-order valence-electron chi connectivity index (χ4n) is 4.23. The predicted molar refractivity (Wildman–Crippen MR) is 113 cm³/mol. The molecule has 0 saturated carbocycles. The zero-order chi connectivity index (χ0) is 20.8. The van der Waals surface area contributed by atoms with Crippen LogP contribution in [-0.4, -0.2) is 22.9 Å². The van der Waals surface area contributed by atoms with Crippen LogP contribution >= 0.6 is 0 Å². The van der Waals surface area contributed by atoms with Gasteiger partial charge in [-0.25, -0.2) is 9.96 Å². The highest BCUT2D eigenvalue weighted by Gasteiger charge is 2.60. The van der Waals surface area contributed by atoms with Gasteiger partial charge in [0.15, 0.2) is 6.10 Å². The molecule has 3 aromatic rings. The zero-order valence-electron chi connectivity index (χ0n) is 16.7. The molecule has 2 aliphatic heterocycles. The van der Waals surface area contributed by atoms with Gasteiger partial charge in [-0.1, -0.05) is 24.3 Å². The summed E-state index contributed by atoms with van der Waals surface area (Å²) in [6.07, 6.45) is 2.51. The number of pyridine rings is 1. The average molecular weight is 399 g/mol. The maximum Gasteiger partial charge on any atom is 0.266 e. The number of benzene rings is 2. The van der Waals surface area contributed by atoms with Crippen molar-refractivity contribution in [3.8, 4) is 0 Å². The van der Waals surface area contributed by atoms with E-state index in [1.807, 2.05) is 74.5 Å². The first-order chi connectivity index (χ1) is 14.6. The Hall–Kier alpha value is -3.51. The van der Waals surface area contributed by atoms with E-state index in [0.717, 1.165) is 22.4 Å². The quantitative estimate of drug-likeness (QED) is 0.628. The molecule has 0 bridgehead atoms. The lowest BCUT2D eigenvalue weighted by atomic mass is 9.91. The number of rotatable bonds is 3. The maximum atomic E-state index is 13.5. The van der Waals surface area contributed by atoms with Gasteiger partial charge in [0.05, 0.1) is 17.4 Å². The summed E-state index contributed by atoms with van der Waals surface area (Å²) in [5, 5.41) is 1.69. The maximum absolute atomic E-state index is 13.5. The third-order valence-electron chi connectivity index (χ3n) is 5.92. The minimum atomic E-state index is -0.863. The second-order valence-corrected chi connectivity index (χ2v) is 7.72. The number of hydroxylamine groups is 1. The summed E-state index contributed by atoms with van der Waals surface area (Å²) < 4.78 is 0. The van der Waals surface area contributed by atoms with E-state index < -0.39 is 18.1 Å². The van der Waals surface area contributed by atoms with Gasteiger partial charge in [0.25, 0.3) is 5.91 Å². The Bertz CT molecular complexity index is 1120. The van der Waals surface area contributed by atoms with Crippen LogP contribution in [0.1, 0.15) is 22.7 Å². The smallest absolute Gasteiger partial charge is 0.266 e. The van der Waals surface area contributed by atoms with E-state index in [-0.39, 0.29) is 11.8 Å². The molecule has 1 aromatic heterocycles. The van der Waals surface area contributed by atoms with Crippen LogP contribution in [0, 0.1) is 19.8 Å². The lowest BCUT2D eigenvalue weighted by Crippen LogP contribution is -2.37. The van der Waals surface area contributed by atoms with Crippen molar-refractivity contribution in [1.29, 1.82) is 0 Å². The molecule has 3 heterocycles. The minimum absolute atomic E-state index is 0.242. The first kappa shape index (κ1) is 18.5. The molecule has 150 valence electrons. The molecule has 0 radical (unpaired) electrons. The summed E-state index contributed by atoms with van der Waals surface area (Å²) in [5.74, 6) is -1.21. The SMILES string of the molecule is Cc1ccc(N2C(=O)[C@H]3[C@@H](ON(c4ccccc4)[C@H]3c3ccncc3)C2=O)cc1C. The normalized spacial score (nSPS) is 23.2. The van der Waals surface area contributed by atoms with Gasteiger partial charge in [0.2, 0.25) is 5.91 Å². The number of anilines is 2. The van der Waals surface area contributed by atoms with Crippen LogP contribution in [-0.2, 0) is 14.4 Å². The first-order valence-corrected chi connectivity index (χ1v) is 9.92. The van der Waals surface area contributed by atoms with Gasteiger partial charge in [-0.3, -0.25) is 19.4 Å². The third-order valence-corrected chi connectivity index (χ3v) is 5.92. The van der Waals surface area contributed by atoms with Crippen molar-refractivity contribution in [2.45, 2.75) is 26.0 Å². The van der Waals surface area contributed by atoms with Gasteiger partial charge in [0, 0.05) is 12.4 Å². The lowest BCUT2D eigenvalue weighted by Gasteiger charge is -2.28. The molecule has 3 atom stereocenters. The van der Waals surface area contributed by atoms with Gasteiger partial charge in [-0.15, -0.1) is 0 Å². The topological polar surface area (TPSA) is 62.7 Å². The number of nitrogens with zero attached hydrogens (tertiary/aromatic N) is 3. The molecule has 0 aliphatic carbocycles. The standard InChI is InChI=1S/C24H21N3O3/c1-15-8-9-19(14-16(15)2)26-23(28)20-21(17-10-12-25-13-11-17)27(30-22(20)24(26)29)18-6-4-3-5-7-18/h3-14,20-22H,1-2H3/t20-,21+,22-/m1/s1. The highest BCUT2D eigenvalue weighted by molar-refractivity contribution is 6.24. The highest BCUT2D eigenvalue weighted by Crippen LogP contribution is 2.47. The van der Waals surface area contributed by atoms with Gasteiger partial charge in [-0.2, -0.15) is 0 Å². The fraction of sp³-hybridized carbons (Fsp3) is 0.208. The molecule has 0 N–H and O–H groups in total. The Balaban J connectivity index is 1.58. The lowest BCUT2D eigenvalue weighted by molar-refractivity contribution is -0.126. The van der Waals surface area contributed by atoms with Crippen molar-refractivity contribution in [3.63, 3.8) is 0 Å². The van der Waals surface area contributed by atoms with Gasteiger partial charge in [0.1, 0.15) is 5.92 Å². The Labute approximate surface area is 174 Å². The van der Waals surface area contributed by atoms with Gasteiger partial charge >= 0.3 is 0 Å². The number of para-hydroxylation sites is 1. The predicted octanol–water partition coefficient (Wildman–Crippen LogP) is 3.75. The molecule has 6 heteroatoms. The number of amides is 2. The number of hydrogen-bond acceptors (Lipinski definition) is 5. The summed E-state index contributed by atoms with van der Waals surface area (Å²) >= 11 is 0. The summed E-state index contributed by atoms with van der Waals surface area (Å²) in [4.78, 5) is 38.3. The van der Waals surface area contributed by atoms with E-state index in [0.29, 0.717) is 5.69 Å². The van der Waals surface area contributed by atoms with Crippen LogP contribution in [0.4, 0.5) is 11.4 Å². The Morgan fingerprint density at radius 2 is 1.57 bits per heavy atom. The molecule has 30 heavy (non-hydrogen) atoms. The number of aryl methyl sites for hydroxylation is 2. The number of carbonyl (C=O) groups is 2. The molecule has 2 aliphatic rings. The van der Waals surface area contributed by atoms with Crippen LogP contribution in [0.5, 0.6) is 0 Å². The van der Waals surface area contributed by atoms with Crippen LogP contribution in [0.25, 0.3) is 0 Å². The summed E-state index contributed by atoms with van der Waals surface area (Å²) in [6, 6.07) is 18.5. The molecule has 6 nitrogen and oxygen atoms in total. The largest absolute Gasteiger partial charge is 0.273 e.